The molecule has 3 rings (SSSR count). The van der Waals surface area contributed by atoms with Crippen LogP contribution < -0.4 is 5.32 Å². The van der Waals surface area contributed by atoms with E-state index in [-0.39, 0.29) is 12.1 Å². The molecule has 0 radical (unpaired) electrons. The molecule has 0 spiro atoms. The molecule has 0 bridgehead atoms. The molecule has 1 N–H and O–H groups in total. The van der Waals surface area contributed by atoms with Crippen molar-refractivity contribution in [1.82, 2.24) is 20.0 Å². The zero-order chi connectivity index (χ0) is 15.7. The molecule has 0 aliphatic carbocycles. The van der Waals surface area contributed by atoms with Gasteiger partial charge in [0, 0.05) is 31.7 Å². The Balaban J connectivity index is 1.59. The van der Waals surface area contributed by atoms with Gasteiger partial charge < -0.3 is 15.0 Å². The molecule has 0 saturated carbocycles. The molecule has 2 aliphatic rings. The van der Waals surface area contributed by atoms with Gasteiger partial charge in [-0.25, -0.2) is 4.79 Å². The molecule has 122 valence electrons. The lowest BCUT2D eigenvalue weighted by molar-refractivity contribution is 0.0288. The van der Waals surface area contributed by atoms with Gasteiger partial charge in [-0.2, -0.15) is 5.10 Å². The van der Waals surface area contributed by atoms with E-state index in [1.807, 2.05) is 31.6 Å². The maximum absolute atomic E-state index is 12.1. The second-order valence-corrected chi connectivity index (χ2v) is 7.31. The largest absolute Gasteiger partial charge is 0.444 e. The second kappa shape index (κ2) is 5.91. The first kappa shape index (κ1) is 15.3. The van der Waals surface area contributed by atoms with E-state index in [4.69, 9.17) is 4.74 Å². The normalized spacial score (nSPS) is 25.7. The Bertz CT molecular complexity index is 528. The van der Waals surface area contributed by atoms with E-state index in [1.54, 1.807) is 4.90 Å². The fourth-order valence-electron chi connectivity index (χ4n) is 3.15. The van der Waals surface area contributed by atoms with Crippen LogP contribution in [0.4, 0.5) is 4.79 Å². The maximum atomic E-state index is 12.1. The molecule has 2 unspecified atom stereocenters. The minimum absolute atomic E-state index is 0.220. The highest BCUT2D eigenvalue weighted by molar-refractivity contribution is 5.68. The molecule has 6 heteroatoms. The van der Waals surface area contributed by atoms with Crippen molar-refractivity contribution < 1.29 is 9.53 Å². The summed E-state index contributed by atoms with van der Waals surface area (Å²) >= 11 is 0. The molecule has 2 fully saturated rings. The Morgan fingerprint density at radius 3 is 2.91 bits per heavy atom. The van der Waals surface area contributed by atoms with Gasteiger partial charge in [0.15, 0.2) is 0 Å². The highest BCUT2D eigenvalue weighted by Crippen LogP contribution is 2.26. The number of hydrogen-bond donors (Lipinski definition) is 1. The number of nitrogens with one attached hydrogen (secondary N) is 1. The first-order chi connectivity index (χ1) is 10.4. The molecule has 1 aromatic rings. The number of likely N-dealkylation sites (tertiary alicyclic amines) is 1. The van der Waals surface area contributed by atoms with Gasteiger partial charge in [-0.1, -0.05) is 0 Å². The quantitative estimate of drug-likeness (QED) is 0.909. The SMILES string of the molecule is CC(C)(C)OC(=O)N1CCC(n2cc(C3CCNC3)cn2)C1. The van der Waals surface area contributed by atoms with Crippen LogP contribution in [0.25, 0.3) is 0 Å². The number of hydrogen-bond acceptors (Lipinski definition) is 4. The lowest BCUT2D eigenvalue weighted by Crippen LogP contribution is -2.35. The van der Waals surface area contributed by atoms with Crippen LogP contribution in [0.2, 0.25) is 0 Å². The second-order valence-electron chi connectivity index (χ2n) is 7.31. The summed E-state index contributed by atoms with van der Waals surface area (Å²) in [6.07, 6.45) is 6.03. The fraction of sp³-hybridized carbons (Fsp3) is 0.750. The third-order valence-electron chi connectivity index (χ3n) is 4.34. The van der Waals surface area contributed by atoms with Crippen molar-refractivity contribution in [1.29, 1.82) is 0 Å². The number of ether oxygens (including phenoxy) is 1. The number of carbonyl (C=O) groups is 1. The van der Waals surface area contributed by atoms with Gasteiger partial charge in [0.2, 0.25) is 0 Å². The Kier molecular flexibility index (Phi) is 4.12. The number of amides is 1. The molecule has 1 aromatic heterocycles. The van der Waals surface area contributed by atoms with E-state index in [2.05, 4.69) is 16.6 Å². The monoisotopic (exact) mass is 306 g/mol. The molecule has 6 nitrogen and oxygen atoms in total. The number of aromatic nitrogens is 2. The summed E-state index contributed by atoms with van der Waals surface area (Å²) in [4.78, 5) is 13.9. The Hall–Kier alpha value is -1.56. The fourth-order valence-corrected chi connectivity index (χ4v) is 3.15. The molecule has 2 saturated heterocycles. The molecular formula is C16H26N4O2. The van der Waals surface area contributed by atoms with E-state index in [9.17, 15) is 4.79 Å². The van der Waals surface area contributed by atoms with E-state index in [1.165, 1.54) is 12.0 Å². The average Bonchev–Trinajstić information content (AvgIpc) is 3.18. The van der Waals surface area contributed by atoms with Crippen molar-refractivity contribution in [3.8, 4) is 0 Å². The highest BCUT2D eigenvalue weighted by atomic mass is 16.6. The molecule has 2 aliphatic heterocycles. The van der Waals surface area contributed by atoms with Crippen molar-refractivity contribution in [3.05, 3.63) is 18.0 Å². The van der Waals surface area contributed by atoms with E-state index < -0.39 is 5.60 Å². The Morgan fingerprint density at radius 1 is 1.41 bits per heavy atom. The van der Waals surface area contributed by atoms with Gasteiger partial charge >= 0.3 is 6.09 Å². The van der Waals surface area contributed by atoms with Gasteiger partial charge in [0.05, 0.1) is 12.2 Å². The van der Waals surface area contributed by atoms with Crippen molar-refractivity contribution in [3.63, 3.8) is 0 Å². The standard InChI is InChI=1S/C16H26N4O2/c1-16(2,3)22-15(21)19-7-5-14(11-19)20-10-13(9-18-20)12-4-6-17-8-12/h9-10,12,14,17H,4-8,11H2,1-3H3. The lowest BCUT2D eigenvalue weighted by atomic mass is 10.0. The highest BCUT2D eigenvalue weighted by Gasteiger charge is 2.31. The molecule has 1 amide bonds. The van der Waals surface area contributed by atoms with Crippen LogP contribution in [0.1, 0.15) is 51.1 Å². The maximum Gasteiger partial charge on any atom is 0.410 e. The summed E-state index contributed by atoms with van der Waals surface area (Å²) < 4.78 is 7.47. The van der Waals surface area contributed by atoms with E-state index >= 15 is 0 Å². The van der Waals surface area contributed by atoms with Crippen LogP contribution >= 0.6 is 0 Å². The van der Waals surface area contributed by atoms with Crippen LogP contribution in [-0.2, 0) is 4.74 Å². The Labute approximate surface area is 131 Å². The summed E-state index contributed by atoms with van der Waals surface area (Å²) in [7, 11) is 0. The van der Waals surface area contributed by atoms with Crippen molar-refractivity contribution in [2.75, 3.05) is 26.2 Å². The van der Waals surface area contributed by atoms with Crippen LogP contribution in [0.15, 0.2) is 12.4 Å². The third kappa shape index (κ3) is 3.43. The van der Waals surface area contributed by atoms with Crippen molar-refractivity contribution in [2.24, 2.45) is 0 Å². The number of rotatable bonds is 2. The summed E-state index contributed by atoms with van der Waals surface area (Å²) in [5.41, 5.74) is 0.865. The third-order valence-corrected chi connectivity index (χ3v) is 4.34. The van der Waals surface area contributed by atoms with Crippen molar-refractivity contribution in [2.45, 2.75) is 51.2 Å². The number of nitrogens with zero attached hydrogens (tertiary/aromatic N) is 3. The molecule has 2 atom stereocenters. The summed E-state index contributed by atoms with van der Waals surface area (Å²) in [5, 5.41) is 7.91. The first-order valence-corrected chi connectivity index (χ1v) is 8.15. The average molecular weight is 306 g/mol. The van der Waals surface area contributed by atoms with Crippen LogP contribution in [0, 0.1) is 0 Å². The summed E-state index contributed by atoms with van der Waals surface area (Å²) in [5.74, 6) is 0.581. The van der Waals surface area contributed by atoms with Crippen LogP contribution in [-0.4, -0.2) is 52.6 Å². The van der Waals surface area contributed by atoms with Gasteiger partial charge in [-0.3, -0.25) is 4.68 Å². The Morgan fingerprint density at radius 2 is 2.23 bits per heavy atom. The van der Waals surface area contributed by atoms with E-state index in [0.29, 0.717) is 12.5 Å². The molecule has 22 heavy (non-hydrogen) atoms. The minimum atomic E-state index is -0.441. The predicted molar refractivity (Wildman–Crippen MR) is 83.9 cm³/mol. The topological polar surface area (TPSA) is 59.4 Å². The van der Waals surface area contributed by atoms with Gasteiger partial charge in [-0.05, 0) is 45.7 Å². The molecular weight excluding hydrogens is 280 g/mol. The van der Waals surface area contributed by atoms with Gasteiger partial charge in [0.1, 0.15) is 5.60 Å². The first-order valence-electron chi connectivity index (χ1n) is 8.15. The lowest BCUT2D eigenvalue weighted by Gasteiger charge is -2.24. The molecule has 3 heterocycles. The minimum Gasteiger partial charge on any atom is -0.444 e. The van der Waals surface area contributed by atoms with Gasteiger partial charge in [-0.15, -0.1) is 0 Å². The zero-order valence-electron chi connectivity index (χ0n) is 13.7. The van der Waals surface area contributed by atoms with Crippen LogP contribution in [0.5, 0.6) is 0 Å². The number of carbonyl (C=O) groups excluding carboxylic acids is 1. The van der Waals surface area contributed by atoms with Crippen LogP contribution in [0.3, 0.4) is 0 Å². The zero-order valence-corrected chi connectivity index (χ0v) is 13.7. The molecule has 0 aromatic carbocycles. The predicted octanol–water partition coefficient (Wildman–Crippen LogP) is 2.14. The van der Waals surface area contributed by atoms with E-state index in [0.717, 1.165) is 26.1 Å². The smallest absolute Gasteiger partial charge is 0.410 e. The van der Waals surface area contributed by atoms with Gasteiger partial charge in [0.25, 0.3) is 0 Å². The van der Waals surface area contributed by atoms with Crippen molar-refractivity contribution >= 4 is 6.09 Å². The summed E-state index contributed by atoms with van der Waals surface area (Å²) in [6, 6.07) is 0.260. The summed E-state index contributed by atoms with van der Waals surface area (Å²) in [6.45, 7) is 9.24.